The van der Waals surface area contributed by atoms with Crippen molar-refractivity contribution in [2.24, 2.45) is 0 Å². The van der Waals surface area contributed by atoms with E-state index in [9.17, 15) is 39.6 Å². The molecule has 4 aromatic rings. The molecule has 0 heterocycles. The van der Waals surface area contributed by atoms with E-state index in [2.05, 4.69) is 0 Å². The number of ether oxygens (including phenoxy) is 2. The van der Waals surface area contributed by atoms with Crippen LogP contribution in [0, 0.1) is 0 Å². The maximum Gasteiger partial charge on any atom is 2.00 e. The predicted octanol–water partition coefficient (Wildman–Crippen LogP) is 13.7. The number of aromatic carboxylic acids is 2. The minimum absolute atomic E-state index is 0. The summed E-state index contributed by atoms with van der Waals surface area (Å²) in [7, 11) is 0. The molecular formula is C60H82CuO10. The van der Waals surface area contributed by atoms with Crippen LogP contribution < -0.4 is 19.7 Å². The fourth-order valence-corrected chi connectivity index (χ4v) is 7.98. The van der Waals surface area contributed by atoms with Crippen molar-refractivity contribution >= 4 is 23.9 Å². The summed E-state index contributed by atoms with van der Waals surface area (Å²) in [6.07, 6.45) is 0. The Kier molecular flexibility index (Phi) is 18.1. The van der Waals surface area contributed by atoms with Gasteiger partial charge in [0.25, 0.3) is 0 Å². The van der Waals surface area contributed by atoms with Gasteiger partial charge < -0.3 is 29.9 Å². The van der Waals surface area contributed by atoms with Gasteiger partial charge in [0.15, 0.2) is 0 Å². The molecule has 0 fully saturated rings. The van der Waals surface area contributed by atoms with E-state index in [-0.39, 0.29) is 39.7 Å². The number of carboxylic acids is 2. The molecule has 0 saturated carbocycles. The summed E-state index contributed by atoms with van der Waals surface area (Å²) in [6.45, 7) is 46.9. The molecule has 0 aliphatic carbocycles. The largest absolute Gasteiger partial charge is 2.00 e. The Bertz CT molecular complexity index is 2340. The molecule has 393 valence electrons. The maximum atomic E-state index is 13.6. The first-order chi connectivity index (χ1) is 31.1. The Morgan fingerprint density at radius 3 is 0.620 bits per heavy atom. The van der Waals surface area contributed by atoms with Crippen LogP contribution in [0.25, 0.3) is 0 Å². The van der Waals surface area contributed by atoms with Crippen LogP contribution in [0.4, 0.5) is 0 Å². The van der Waals surface area contributed by atoms with Crippen LogP contribution in [0.2, 0.25) is 0 Å². The van der Waals surface area contributed by atoms with Crippen molar-refractivity contribution in [1.82, 2.24) is 0 Å². The quantitative estimate of drug-likeness (QED) is 0.107. The van der Waals surface area contributed by atoms with E-state index in [4.69, 9.17) is 9.47 Å². The molecule has 0 aliphatic heterocycles. The van der Waals surface area contributed by atoms with Gasteiger partial charge in [0.2, 0.25) is 0 Å². The van der Waals surface area contributed by atoms with Gasteiger partial charge in [0.1, 0.15) is 11.5 Å². The van der Waals surface area contributed by atoms with Crippen LogP contribution in [-0.2, 0) is 60.4 Å². The van der Waals surface area contributed by atoms with E-state index in [1.54, 1.807) is 48.5 Å². The van der Waals surface area contributed by atoms with E-state index >= 15 is 0 Å². The van der Waals surface area contributed by atoms with Crippen LogP contribution in [-0.4, -0.2) is 34.1 Å². The number of rotatable bonds is 6. The van der Waals surface area contributed by atoms with Crippen molar-refractivity contribution in [3.8, 4) is 23.0 Å². The van der Waals surface area contributed by atoms with E-state index < -0.39 is 67.2 Å². The van der Waals surface area contributed by atoms with Crippen molar-refractivity contribution < 1.29 is 66.1 Å². The molecule has 71 heavy (non-hydrogen) atoms. The van der Waals surface area contributed by atoms with Crippen LogP contribution in [0.1, 0.15) is 252 Å². The number of carbonyl (C=O) groups excluding carboxylic acids is 2. The second kappa shape index (κ2) is 20.8. The van der Waals surface area contributed by atoms with Gasteiger partial charge in [-0.05, 0) is 114 Å². The number of benzene rings is 4. The molecule has 4 rings (SSSR count). The van der Waals surface area contributed by atoms with Gasteiger partial charge in [0.05, 0.1) is 22.3 Å². The van der Waals surface area contributed by atoms with Gasteiger partial charge in [-0.15, -0.1) is 11.5 Å². The average molecular weight is 1030 g/mol. The molecule has 0 aromatic heterocycles. The average Bonchev–Trinajstić information content (AvgIpc) is 3.14. The zero-order chi connectivity index (χ0) is 54.6. The van der Waals surface area contributed by atoms with Gasteiger partial charge in [-0.25, -0.2) is 19.2 Å². The third-order valence-corrected chi connectivity index (χ3v) is 12.2. The second-order valence-electron chi connectivity index (χ2n) is 27.0. The van der Waals surface area contributed by atoms with Crippen LogP contribution in [0.5, 0.6) is 23.0 Å². The van der Waals surface area contributed by atoms with Crippen molar-refractivity contribution in [1.29, 1.82) is 0 Å². The molecular weight excluding hydrogens is 944 g/mol. The molecule has 4 aromatic carbocycles. The van der Waals surface area contributed by atoms with E-state index in [0.717, 1.165) is 0 Å². The third kappa shape index (κ3) is 15.0. The summed E-state index contributed by atoms with van der Waals surface area (Å²) in [5, 5.41) is 46.0. The molecule has 0 aliphatic rings. The van der Waals surface area contributed by atoms with E-state index in [1.165, 1.54) is 0 Å². The van der Waals surface area contributed by atoms with E-state index in [0.29, 0.717) is 67.1 Å². The first kappa shape index (κ1) is 62.0. The Hall–Kier alpha value is -5.12. The van der Waals surface area contributed by atoms with Crippen LogP contribution >= 0.6 is 0 Å². The van der Waals surface area contributed by atoms with Crippen molar-refractivity contribution in [3.63, 3.8) is 0 Å². The van der Waals surface area contributed by atoms with Gasteiger partial charge in [-0.1, -0.05) is 166 Å². The molecule has 0 amide bonds. The van der Waals surface area contributed by atoms with Crippen molar-refractivity contribution in [3.05, 3.63) is 115 Å². The zero-order valence-electron chi connectivity index (χ0n) is 47.1. The molecule has 1 radical (unpaired) electrons. The van der Waals surface area contributed by atoms with Crippen molar-refractivity contribution in [2.45, 2.75) is 209 Å². The van der Waals surface area contributed by atoms with Gasteiger partial charge in [0, 0.05) is 22.3 Å². The monoisotopic (exact) mass is 1030 g/mol. The first-order valence-corrected chi connectivity index (χ1v) is 24.1. The van der Waals surface area contributed by atoms with Gasteiger partial charge in [-0.3, -0.25) is 0 Å². The first-order valence-electron chi connectivity index (χ1n) is 24.1. The van der Waals surface area contributed by atoms with E-state index in [1.807, 2.05) is 166 Å². The standard InChI is InChI=1S/2C30H42O5.Cu/c2*1-27(2,3)19-15-18(16-20(23(19)31)28(4,5)6)26(34)35-24-21(29(7,8)9)13-17(25(32)33)14-22(24)30(10,11)12;/h2*13-16,31H,1-12H3,(H,32,33);/q;;+2/p-2. The fraction of sp³-hybridized carbons (Fsp3) is 0.533. The zero-order valence-corrected chi connectivity index (χ0v) is 48.0. The van der Waals surface area contributed by atoms with Gasteiger partial charge in [-0.2, -0.15) is 0 Å². The number of esters is 2. The van der Waals surface area contributed by atoms with Crippen LogP contribution in [0.3, 0.4) is 0 Å². The minimum Gasteiger partial charge on any atom is -0.872 e. The summed E-state index contributed by atoms with van der Waals surface area (Å²) in [4.78, 5) is 51.0. The third-order valence-electron chi connectivity index (χ3n) is 12.2. The molecule has 0 saturated heterocycles. The van der Waals surface area contributed by atoms with Gasteiger partial charge >= 0.3 is 40.9 Å². The van der Waals surface area contributed by atoms with Crippen LogP contribution in [0.15, 0.2) is 48.5 Å². The Morgan fingerprint density at radius 1 is 0.324 bits per heavy atom. The summed E-state index contributed by atoms with van der Waals surface area (Å²) < 4.78 is 12.2. The maximum absolute atomic E-state index is 13.6. The molecule has 0 atom stereocenters. The van der Waals surface area contributed by atoms with Crippen molar-refractivity contribution in [2.75, 3.05) is 0 Å². The Morgan fingerprint density at radius 2 is 0.479 bits per heavy atom. The number of carboxylic acid groups (broad SMARTS) is 2. The second-order valence-corrected chi connectivity index (χ2v) is 27.0. The molecule has 11 heteroatoms. The topological polar surface area (TPSA) is 173 Å². The predicted molar refractivity (Wildman–Crippen MR) is 278 cm³/mol. The summed E-state index contributed by atoms with van der Waals surface area (Å²) in [6, 6.07) is 12.9. The molecule has 0 unspecified atom stereocenters. The number of carbonyl (C=O) groups is 4. The molecule has 2 N–H and O–H groups in total. The normalized spacial score (nSPS) is 12.8. The smallest absolute Gasteiger partial charge is 0.872 e. The summed E-state index contributed by atoms with van der Waals surface area (Å²) in [5.41, 5.74) is 1.99. The Balaban J connectivity index is 0.000000480. The summed E-state index contributed by atoms with van der Waals surface area (Å²) >= 11 is 0. The molecule has 0 spiro atoms. The number of hydrogen-bond donors (Lipinski definition) is 2. The molecule has 10 nitrogen and oxygen atoms in total. The summed E-state index contributed by atoms with van der Waals surface area (Å²) in [5.74, 6) is -2.57. The SMILES string of the molecule is CC(C)(C)c1cc(C(=O)Oc2c(C(C)(C)C)cc(C(=O)O)cc2C(C)(C)C)cc(C(C)(C)C)c1[O-].CC(C)(C)c1cc(C(=O)Oc2c(C(C)(C)C)cc(C(=O)O)cc2C(C)(C)C)cc(C(C)(C)C)c1[O-].[Cu+2]. The molecule has 0 bridgehead atoms. The Labute approximate surface area is 435 Å². The fourth-order valence-electron chi connectivity index (χ4n) is 7.98. The minimum atomic E-state index is -1.03. The number of hydrogen-bond acceptors (Lipinski definition) is 8.